The monoisotopic (exact) mass is 582 g/mol. The SMILES string of the molecule is Cc1ccc(NC(=O)CSc2nc3ccccc3c(=O)n2CC2CCC(C(=O)NCC3CCCO3)CC2)cc1Cl. The van der Waals surface area contributed by atoms with E-state index in [-0.39, 0.29) is 41.1 Å². The number of hydrogen-bond acceptors (Lipinski definition) is 6. The molecule has 212 valence electrons. The Morgan fingerprint density at radius 3 is 2.67 bits per heavy atom. The maximum atomic E-state index is 13.5. The fourth-order valence-electron chi connectivity index (χ4n) is 5.45. The number of thioether (sulfide) groups is 1. The summed E-state index contributed by atoms with van der Waals surface area (Å²) in [5, 5.41) is 7.62. The van der Waals surface area contributed by atoms with E-state index in [1.807, 2.05) is 37.3 Å². The van der Waals surface area contributed by atoms with Crippen LogP contribution in [0.2, 0.25) is 5.02 Å². The van der Waals surface area contributed by atoms with Gasteiger partial charge in [0.2, 0.25) is 11.8 Å². The number of carbonyl (C=O) groups is 2. The average Bonchev–Trinajstić information content (AvgIpc) is 3.48. The molecule has 2 N–H and O–H groups in total. The third-order valence-corrected chi connectivity index (χ3v) is 9.18. The predicted octanol–water partition coefficient (Wildman–Crippen LogP) is 5.19. The standard InChI is InChI=1S/C30H35ClN4O4S/c1-19-8-13-22(15-25(19)31)33-27(36)18-40-30-34-26-7-3-2-6-24(26)29(38)35(30)17-20-9-11-21(12-10-20)28(37)32-16-23-5-4-14-39-23/h2-3,6-8,13,15,20-21,23H,4-5,9-12,14,16-18H2,1H3,(H,32,37)(H,33,36). The first-order chi connectivity index (χ1) is 19.4. The van der Waals surface area contributed by atoms with Gasteiger partial charge in [0.25, 0.3) is 5.56 Å². The van der Waals surface area contributed by atoms with Crippen molar-refractivity contribution in [1.82, 2.24) is 14.9 Å². The van der Waals surface area contributed by atoms with Crippen LogP contribution < -0.4 is 16.2 Å². The summed E-state index contributed by atoms with van der Waals surface area (Å²) in [7, 11) is 0. The highest BCUT2D eigenvalue weighted by atomic mass is 35.5. The van der Waals surface area contributed by atoms with E-state index < -0.39 is 0 Å². The Morgan fingerprint density at radius 2 is 1.93 bits per heavy atom. The molecule has 1 atom stereocenters. The lowest BCUT2D eigenvalue weighted by atomic mass is 9.81. The molecule has 10 heteroatoms. The number of amides is 2. The number of carbonyl (C=O) groups excluding carboxylic acids is 2. The van der Waals surface area contributed by atoms with E-state index in [0.717, 1.165) is 50.7 Å². The van der Waals surface area contributed by atoms with Crippen LogP contribution in [0.4, 0.5) is 5.69 Å². The Bertz CT molecular complexity index is 1430. The zero-order valence-electron chi connectivity index (χ0n) is 22.7. The van der Waals surface area contributed by atoms with Crippen molar-refractivity contribution >= 4 is 51.8 Å². The van der Waals surface area contributed by atoms with Crippen molar-refractivity contribution in [3.63, 3.8) is 0 Å². The second-order valence-electron chi connectivity index (χ2n) is 10.7. The number of hydrogen-bond donors (Lipinski definition) is 2. The molecule has 5 rings (SSSR count). The second-order valence-corrected chi connectivity index (χ2v) is 12.1. The van der Waals surface area contributed by atoms with E-state index in [2.05, 4.69) is 10.6 Å². The van der Waals surface area contributed by atoms with Gasteiger partial charge in [-0.05, 0) is 81.2 Å². The molecule has 40 heavy (non-hydrogen) atoms. The van der Waals surface area contributed by atoms with Crippen LogP contribution in [0.3, 0.4) is 0 Å². The van der Waals surface area contributed by atoms with Crippen molar-refractivity contribution in [3.8, 4) is 0 Å². The van der Waals surface area contributed by atoms with Gasteiger partial charge in [-0.15, -0.1) is 0 Å². The molecule has 8 nitrogen and oxygen atoms in total. The van der Waals surface area contributed by atoms with Crippen LogP contribution in [0.15, 0.2) is 52.4 Å². The minimum absolute atomic E-state index is 0.00285. The summed E-state index contributed by atoms with van der Waals surface area (Å²) in [5.41, 5.74) is 2.08. The highest BCUT2D eigenvalue weighted by Gasteiger charge is 2.28. The fourth-order valence-corrected chi connectivity index (χ4v) is 6.44. The molecule has 2 aromatic carbocycles. The molecule has 2 fully saturated rings. The molecule has 1 aliphatic heterocycles. The van der Waals surface area contributed by atoms with Gasteiger partial charge in [-0.25, -0.2) is 4.98 Å². The predicted molar refractivity (Wildman–Crippen MR) is 159 cm³/mol. The van der Waals surface area contributed by atoms with E-state index in [9.17, 15) is 14.4 Å². The first kappa shape index (κ1) is 28.6. The topological polar surface area (TPSA) is 102 Å². The number of anilines is 1. The van der Waals surface area contributed by atoms with Gasteiger partial charge in [-0.1, -0.05) is 41.6 Å². The van der Waals surface area contributed by atoms with Crippen LogP contribution in [0.5, 0.6) is 0 Å². The van der Waals surface area contributed by atoms with Crippen LogP contribution in [0.25, 0.3) is 10.9 Å². The summed E-state index contributed by atoms with van der Waals surface area (Å²) >= 11 is 7.45. The van der Waals surface area contributed by atoms with Gasteiger partial charge >= 0.3 is 0 Å². The molecule has 3 aromatic rings. The van der Waals surface area contributed by atoms with Gasteiger partial charge in [0, 0.05) is 36.3 Å². The van der Waals surface area contributed by atoms with Crippen LogP contribution in [0, 0.1) is 18.8 Å². The number of fused-ring (bicyclic) bond motifs is 1. The Labute approximate surface area is 243 Å². The molecule has 1 saturated heterocycles. The average molecular weight is 583 g/mol. The smallest absolute Gasteiger partial charge is 0.262 e. The lowest BCUT2D eigenvalue weighted by molar-refractivity contribution is -0.126. The normalized spacial score (nSPS) is 20.9. The van der Waals surface area contributed by atoms with Crippen LogP contribution in [-0.2, 0) is 20.9 Å². The maximum Gasteiger partial charge on any atom is 0.262 e. The van der Waals surface area contributed by atoms with Gasteiger partial charge in [0.1, 0.15) is 0 Å². The minimum atomic E-state index is -0.201. The third kappa shape index (κ3) is 7.06. The van der Waals surface area contributed by atoms with Crippen molar-refractivity contribution < 1.29 is 14.3 Å². The van der Waals surface area contributed by atoms with Crippen molar-refractivity contribution in [2.75, 3.05) is 24.2 Å². The zero-order chi connectivity index (χ0) is 28.1. The van der Waals surface area contributed by atoms with Crippen molar-refractivity contribution in [1.29, 1.82) is 0 Å². The number of aryl methyl sites for hydroxylation is 1. The number of para-hydroxylation sites is 1. The molecule has 0 bridgehead atoms. The van der Waals surface area contributed by atoms with E-state index >= 15 is 0 Å². The number of nitrogens with zero attached hydrogens (tertiary/aromatic N) is 2. The zero-order valence-corrected chi connectivity index (χ0v) is 24.2. The largest absolute Gasteiger partial charge is 0.376 e. The molecule has 1 saturated carbocycles. The van der Waals surface area contributed by atoms with Gasteiger partial charge in [-0.3, -0.25) is 19.0 Å². The van der Waals surface area contributed by atoms with Crippen LogP contribution in [0.1, 0.15) is 44.1 Å². The lowest BCUT2D eigenvalue weighted by Gasteiger charge is -2.29. The number of aromatic nitrogens is 2. The Morgan fingerprint density at radius 1 is 1.12 bits per heavy atom. The first-order valence-electron chi connectivity index (χ1n) is 13.9. The molecular formula is C30H35ClN4O4S. The van der Waals surface area contributed by atoms with E-state index in [1.54, 1.807) is 16.7 Å². The number of ether oxygens (including phenoxy) is 1. The number of benzene rings is 2. The Balaban J connectivity index is 1.23. The summed E-state index contributed by atoms with van der Waals surface area (Å²) < 4.78 is 7.33. The summed E-state index contributed by atoms with van der Waals surface area (Å²) in [6.45, 7) is 3.78. The lowest BCUT2D eigenvalue weighted by Crippen LogP contribution is -2.38. The maximum absolute atomic E-state index is 13.5. The fraction of sp³-hybridized carbons (Fsp3) is 0.467. The first-order valence-corrected chi connectivity index (χ1v) is 15.3. The van der Waals surface area contributed by atoms with Crippen molar-refractivity contribution in [2.24, 2.45) is 11.8 Å². The Kier molecular flexibility index (Phi) is 9.44. The van der Waals surface area contributed by atoms with Gasteiger partial charge < -0.3 is 15.4 Å². The highest BCUT2D eigenvalue weighted by Crippen LogP contribution is 2.31. The van der Waals surface area contributed by atoms with E-state index in [4.69, 9.17) is 21.3 Å². The van der Waals surface area contributed by atoms with Gasteiger partial charge in [0.05, 0.1) is 22.8 Å². The molecule has 2 amide bonds. The molecular weight excluding hydrogens is 548 g/mol. The summed E-state index contributed by atoms with van der Waals surface area (Å²) in [6, 6.07) is 12.7. The van der Waals surface area contributed by atoms with Crippen molar-refractivity contribution in [2.45, 2.75) is 63.3 Å². The highest BCUT2D eigenvalue weighted by molar-refractivity contribution is 7.99. The van der Waals surface area contributed by atoms with E-state index in [1.165, 1.54) is 11.8 Å². The van der Waals surface area contributed by atoms with Gasteiger partial charge in [-0.2, -0.15) is 0 Å². The Hall–Kier alpha value is -2.88. The number of rotatable bonds is 9. The quantitative estimate of drug-likeness (QED) is 0.266. The molecule has 1 aromatic heterocycles. The number of nitrogens with one attached hydrogen (secondary N) is 2. The molecule has 2 heterocycles. The molecule has 0 spiro atoms. The second kappa shape index (κ2) is 13.2. The molecule has 1 aliphatic carbocycles. The molecule has 1 unspecified atom stereocenters. The van der Waals surface area contributed by atoms with E-state index in [0.29, 0.717) is 39.9 Å². The summed E-state index contributed by atoms with van der Waals surface area (Å²) in [5.74, 6) is 0.264. The molecule has 2 aliphatic rings. The summed E-state index contributed by atoms with van der Waals surface area (Å²) in [4.78, 5) is 43.7. The number of halogens is 1. The van der Waals surface area contributed by atoms with Crippen LogP contribution >= 0.6 is 23.4 Å². The third-order valence-electron chi connectivity index (χ3n) is 7.80. The minimum Gasteiger partial charge on any atom is -0.376 e. The molecule has 0 radical (unpaired) electrons. The van der Waals surface area contributed by atoms with Gasteiger partial charge in [0.15, 0.2) is 5.16 Å². The summed E-state index contributed by atoms with van der Waals surface area (Å²) in [6.07, 6.45) is 5.50. The van der Waals surface area contributed by atoms with Crippen LogP contribution in [-0.4, -0.2) is 46.4 Å². The van der Waals surface area contributed by atoms with Crippen molar-refractivity contribution in [3.05, 3.63) is 63.4 Å².